The number of aromatic nitrogens is 2. The number of piperidine rings is 1. The van der Waals surface area contributed by atoms with E-state index in [0.29, 0.717) is 6.42 Å². The Morgan fingerprint density at radius 3 is 2.41 bits per heavy atom. The first kappa shape index (κ1) is 16.5. The summed E-state index contributed by atoms with van der Waals surface area (Å²) in [4.78, 5) is 12.2. The quantitative estimate of drug-likeness (QED) is 0.746. The normalized spacial score (nSPS) is 22.0. The molecule has 5 nitrogen and oxygen atoms in total. The van der Waals surface area contributed by atoms with E-state index in [4.69, 9.17) is 9.97 Å². The summed E-state index contributed by atoms with van der Waals surface area (Å²) in [5.74, 6) is 1.68. The number of nitrogens with zero attached hydrogens (tertiary/aromatic N) is 3. The van der Waals surface area contributed by atoms with Crippen LogP contribution in [0, 0.1) is 0 Å². The molecule has 1 saturated heterocycles. The Morgan fingerprint density at radius 2 is 1.59 bits per heavy atom. The van der Waals surface area contributed by atoms with Gasteiger partial charge in [0.15, 0.2) is 11.6 Å². The molecule has 2 aromatic carbocycles. The number of rotatable bonds is 3. The molecule has 0 radical (unpaired) electrons. The van der Waals surface area contributed by atoms with E-state index < -0.39 is 6.10 Å². The van der Waals surface area contributed by atoms with Crippen molar-refractivity contribution in [1.82, 2.24) is 9.97 Å². The largest absolute Gasteiger partial charge is 0.390 e. The molecule has 2 N–H and O–H groups in total. The van der Waals surface area contributed by atoms with Crippen molar-refractivity contribution in [2.45, 2.75) is 37.8 Å². The fraction of sp³-hybridized carbons (Fsp3) is 0.364. The van der Waals surface area contributed by atoms with Gasteiger partial charge in [-0.2, -0.15) is 0 Å². The van der Waals surface area contributed by atoms with Crippen LogP contribution in [-0.4, -0.2) is 34.3 Å². The van der Waals surface area contributed by atoms with Gasteiger partial charge in [-0.3, -0.25) is 0 Å². The van der Waals surface area contributed by atoms with E-state index in [1.165, 1.54) is 24.8 Å². The van der Waals surface area contributed by atoms with Crippen LogP contribution < -0.4 is 10.2 Å². The number of anilines is 2. The highest BCUT2D eigenvalue weighted by Crippen LogP contribution is 2.36. The Bertz CT molecular complexity index is 967. The fourth-order valence-electron chi connectivity index (χ4n) is 4.31. The van der Waals surface area contributed by atoms with Gasteiger partial charge in [-0.25, -0.2) is 9.97 Å². The molecule has 5 rings (SSSR count). The third-order valence-corrected chi connectivity index (χ3v) is 5.70. The van der Waals surface area contributed by atoms with Gasteiger partial charge in [0, 0.05) is 19.5 Å². The van der Waals surface area contributed by atoms with E-state index in [2.05, 4.69) is 22.3 Å². The van der Waals surface area contributed by atoms with Crippen LogP contribution in [0.15, 0.2) is 48.5 Å². The van der Waals surface area contributed by atoms with Gasteiger partial charge in [0.25, 0.3) is 0 Å². The summed E-state index contributed by atoms with van der Waals surface area (Å²) in [7, 11) is 0. The second-order valence-electron chi connectivity index (χ2n) is 7.52. The van der Waals surface area contributed by atoms with Crippen molar-refractivity contribution in [3.63, 3.8) is 0 Å². The molecule has 1 aliphatic heterocycles. The van der Waals surface area contributed by atoms with Crippen LogP contribution in [0.2, 0.25) is 0 Å². The molecule has 1 aromatic heterocycles. The van der Waals surface area contributed by atoms with Gasteiger partial charge in [0.1, 0.15) is 0 Å². The first-order chi connectivity index (χ1) is 13.3. The van der Waals surface area contributed by atoms with Gasteiger partial charge in [-0.05, 0) is 42.5 Å². The van der Waals surface area contributed by atoms with Crippen LogP contribution in [0.4, 0.5) is 11.6 Å². The average Bonchev–Trinajstić information content (AvgIpc) is 3.03. The highest BCUT2D eigenvalue weighted by molar-refractivity contribution is 5.80. The second kappa shape index (κ2) is 6.82. The lowest BCUT2D eigenvalue weighted by atomic mass is 10.1. The first-order valence-corrected chi connectivity index (χ1v) is 9.84. The number of nitrogens with one attached hydrogen (secondary N) is 1. The molecule has 2 heterocycles. The molecular formula is C22H24N4O. The van der Waals surface area contributed by atoms with Crippen molar-refractivity contribution < 1.29 is 5.11 Å². The third-order valence-electron chi connectivity index (χ3n) is 5.70. The maximum atomic E-state index is 10.7. The number of hydrogen-bond acceptors (Lipinski definition) is 5. The molecule has 27 heavy (non-hydrogen) atoms. The van der Waals surface area contributed by atoms with Crippen molar-refractivity contribution in [2.24, 2.45) is 0 Å². The van der Waals surface area contributed by atoms with Crippen LogP contribution in [-0.2, 0) is 6.42 Å². The Kier molecular flexibility index (Phi) is 4.17. The Hall–Kier alpha value is -2.66. The topological polar surface area (TPSA) is 61.3 Å². The standard InChI is InChI=1S/C22H24N4O/c27-19-14-15-8-2-3-9-16(15)20(19)25-21-22(26-12-6-1-7-13-26)24-18-11-5-4-10-17(18)23-21/h2-5,8-11,19-20,27H,1,6-7,12-14H2,(H,23,25)/t19-,20+/m1/s1. The monoisotopic (exact) mass is 360 g/mol. The van der Waals surface area contributed by atoms with E-state index >= 15 is 0 Å². The highest BCUT2D eigenvalue weighted by Gasteiger charge is 2.32. The van der Waals surface area contributed by atoms with Crippen molar-refractivity contribution in [3.05, 3.63) is 59.7 Å². The van der Waals surface area contributed by atoms with Gasteiger partial charge in [-0.15, -0.1) is 0 Å². The van der Waals surface area contributed by atoms with Crippen LogP contribution in [0.25, 0.3) is 11.0 Å². The lowest BCUT2D eigenvalue weighted by Gasteiger charge is -2.30. The Morgan fingerprint density at radius 1 is 0.889 bits per heavy atom. The molecule has 0 unspecified atom stereocenters. The molecule has 138 valence electrons. The zero-order valence-corrected chi connectivity index (χ0v) is 15.3. The van der Waals surface area contributed by atoms with Crippen molar-refractivity contribution in [1.29, 1.82) is 0 Å². The number of aliphatic hydroxyl groups is 1. The predicted molar refractivity (Wildman–Crippen MR) is 108 cm³/mol. The lowest BCUT2D eigenvalue weighted by Crippen LogP contribution is -2.32. The molecule has 0 spiro atoms. The highest BCUT2D eigenvalue weighted by atomic mass is 16.3. The fourth-order valence-corrected chi connectivity index (χ4v) is 4.31. The number of benzene rings is 2. The summed E-state index contributed by atoms with van der Waals surface area (Å²) in [6.07, 6.45) is 3.86. The summed E-state index contributed by atoms with van der Waals surface area (Å²) < 4.78 is 0. The van der Waals surface area contributed by atoms with E-state index in [9.17, 15) is 5.11 Å². The van der Waals surface area contributed by atoms with Gasteiger partial charge in [0.05, 0.1) is 23.2 Å². The van der Waals surface area contributed by atoms with E-state index in [0.717, 1.165) is 41.3 Å². The molecule has 1 fully saturated rings. The molecule has 2 atom stereocenters. The average molecular weight is 360 g/mol. The second-order valence-corrected chi connectivity index (χ2v) is 7.52. The molecule has 2 aliphatic rings. The van der Waals surface area contributed by atoms with E-state index in [-0.39, 0.29) is 6.04 Å². The SMILES string of the molecule is O[C@@H]1Cc2ccccc2[C@@H]1Nc1nc2ccccc2nc1N1CCCCC1. The molecule has 0 saturated carbocycles. The summed E-state index contributed by atoms with van der Waals surface area (Å²) in [5.41, 5.74) is 4.15. The molecule has 0 amide bonds. The zero-order valence-electron chi connectivity index (χ0n) is 15.3. The minimum Gasteiger partial charge on any atom is -0.390 e. The summed E-state index contributed by atoms with van der Waals surface area (Å²) in [5, 5.41) is 14.2. The van der Waals surface area contributed by atoms with Crippen LogP contribution in [0.5, 0.6) is 0 Å². The maximum Gasteiger partial charge on any atom is 0.172 e. The molecule has 5 heteroatoms. The molecular weight excluding hydrogens is 336 g/mol. The number of para-hydroxylation sites is 2. The third kappa shape index (κ3) is 3.02. The summed E-state index contributed by atoms with van der Waals surface area (Å²) >= 11 is 0. The minimum atomic E-state index is -0.454. The van der Waals surface area contributed by atoms with Gasteiger partial charge >= 0.3 is 0 Å². The lowest BCUT2D eigenvalue weighted by molar-refractivity contribution is 0.165. The predicted octanol–water partition coefficient (Wildman–Crippen LogP) is 3.69. The smallest absolute Gasteiger partial charge is 0.172 e. The van der Waals surface area contributed by atoms with Crippen LogP contribution >= 0.6 is 0 Å². The van der Waals surface area contributed by atoms with Crippen LogP contribution in [0.1, 0.15) is 36.4 Å². The van der Waals surface area contributed by atoms with Crippen molar-refractivity contribution in [3.8, 4) is 0 Å². The summed E-state index contributed by atoms with van der Waals surface area (Å²) in [6.45, 7) is 2.01. The number of fused-ring (bicyclic) bond motifs is 2. The van der Waals surface area contributed by atoms with Gasteiger partial charge in [-0.1, -0.05) is 36.4 Å². The van der Waals surface area contributed by atoms with Gasteiger partial charge < -0.3 is 15.3 Å². The van der Waals surface area contributed by atoms with E-state index in [1.807, 2.05) is 36.4 Å². The Labute approximate surface area is 159 Å². The number of hydrogen-bond donors (Lipinski definition) is 2. The van der Waals surface area contributed by atoms with E-state index in [1.54, 1.807) is 0 Å². The number of aliphatic hydroxyl groups excluding tert-OH is 1. The van der Waals surface area contributed by atoms with Crippen LogP contribution in [0.3, 0.4) is 0 Å². The minimum absolute atomic E-state index is 0.153. The van der Waals surface area contributed by atoms with Crippen molar-refractivity contribution >= 4 is 22.7 Å². The van der Waals surface area contributed by atoms with Crippen molar-refractivity contribution in [2.75, 3.05) is 23.3 Å². The summed E-state index contributed by atoms with van der Waals surface area (Å²) in [6, 6.07) is 16.1. The Balaban J connectivity index is 1.57. The molecule has 1 aliphatic carbocycles. The maximum absolute atomic E-state index is 10.7. The molecule has 0 bridgehead atoms. The van der Waals surface area contributed by atoms with Gasteiger partial charge in [0.2, 0.25) is 0 Å². The first-order valence-electron chi connectivity index (χ1n) is 9.84. The zero-order chi connectivity index (χ0) is 18.2. The molecule has 3 aromatic rings.